The Morgan fingerprint density at radius 3 is 2.11 bits per heavy atom. The van der Waals surface area contributed by atoms with E-state index in [2.05, 4.69) is 40.7 Å². The second kappa shape index (κ2) is 17.2. The maximum Gasteiger partial charge on any atom is 0.310 e. The van der Waals surface area contributed by atoms with Gasteiger partial charge in [-0.05, 0) is 111 Å². The Morgan fingerprint density at radius 2 is 1.44 bits per heavy atom. The van der Waals surface area contributed by atoms with Crippen molar-refractivity contribution in [3.63, 3.8) is 0 Å². The Hall–Kier alpha value is -1.39. The van der Waals surface area contributed by atoms with E-state index in [1.165, 1.54) is 12.5 Å². The van der Waals surface area contributed by atoms with Gasteiger partial charge in [-0.3, -0.25) is 4.79 Å². The molecule has 5 aliphatic carbocycles. The van der Waals surface area contributed by atoms with Gasteiger partial charge < -0.3 is 79.5 Å². The van der Waals surface area contributed by atoms with Gasteiger partial charge in [0.1, 0.15) is 61.0 Å². The van der Waals surface area contributed by atoms with Gasteiger partial charge >= 0.3 is 5.97 Å². The summed E-state index contributed by atoms with van der Waals surface area (Å²) in [6.45, 7) is 14.0. The number of carboxylic acids is 1. The fraction of sp³-hybridized carbons (Fsp3) is 0.936. The van der Waals surface area contributed by atoms with Crippen molar-refractivity contribution in [3.05, 3.63) is 11.6 Å². The number of rotatable bonds is 9. The van der Waals surface area contributed by atoms with Gasteiger partial charge in [0.15, 0.2) is 18.9 Å². The van der Waals surface area contributed by atoms with E-state index in [1.807, 2.05) is 6.92 Å². The van der Waals surface area contributed by atoms with Crippen LogP contribution in [0.2, 0.25) is 0 Å². The predicted molar refractivity (Wildman–Crippen MR) is 225 cm³/mol. The zero-order valence-electron chi connectivity index (χ0n) is 38.5. The van der Waals surface area contributed by atoms with E-state index < -0.39 is 116 Å². The second-order valence-electron chi connectivity index (χ2n) is 22.8. The highest BCUT2D eigenvalue weighted by atomic mass is 16.7. The van der Waals surface area contributed by atoms with Crippen LogP contribution < -0.4 is 0 Å². The molecular weight excluding hydrogens is 837 g/mol. The maximum absolute atomic E-state index is 13.1. The predicted octanol–water partition coefficient (Wildman–Crippen LogP) is 1.35. The van der Waals surface area contributed by atoms with Crippen molar-refractivity contribution in [3.8, 4) is 0 Å². The van der Waals surface area contributed by atoms with Gasteiger partial charge in [0.05, 0.1) is 37.4 Å². The summed E-state index contributed by atoms with van der Waals surface area (Å²) in [5, 5.41) is 108. The first-order valence-corrected chi connectivity index (χ1v) is 23.7. The zero-order valence-corrected chi connectivity index (χ0v) is 38.5. The summed E-state index contributed by atoms with van der Waals surface area (Å²) in [4.78, 5) is 13.1. The van der Waals surface area contributed by atoms with Gasteiger partial charge in [-0.15, -0.1) is 0 Å². The number of aliphatic hydroxyl groups is 9. The van der Waals surface area contributed by atoms with Gasteiger partial charge in [-0.25, -0.2) is 0 Å². The van der Waals surface area contributed by atoms with Gasteiger partial charge in [-0.2, -0.15) is 0 Å². The molecule has 3 heterocycles. The number of fused-ring (bicyclic) bond motifs is 7. The van der Waals surface area contributed by atoms with Crippen LogP contribution in [-0.4, -0.2) is 169 Å². The topological polar surface area (TPSA) is 275 Å². The molecule has 17 heteroatoms. The molecule has 0 spiro atoms. The minimum atomic E-state index is -1.78. The highest BCUT2D eigenvalue weighted by Crippen LogP contribution is 2.76. The fourth-order valence-corrected chi connectivity index (χ4v) is 14.9. The lowest BCUT2D eigenvalue weighted by atomic mass is 9.33. The molecule has 3 aliphatic heterocycles. The van der Waals surface area contributed by atoms with Crippen LogP contribution in [0.15, 0.2) is 11.6 Å². The molecule has 0 unspecified atom stereocenters. The first-order valence-electron chi connectivity index (χ1n) is 23.7. The molecular formula is C47H76O17. The van der Waals surface area contributed by atoms with E-state index in [4.69, 9.17) is 28.4 Å². The van der Waals surface area contributed by atoms with Gasteiger partial charge in [-0.1, -0.05) is 53.2 Å². The van der Waals surface area contributed by atoms with Crippen molar-refractivity contribution in [1.29, 1.82) is 0 Å². The molecule has 0 aromatic carbocycles. The molecule has 366 valence electrons. The molecule has 7 fully saturated rings. The number of hydrogen-bond donors (Lipinski definition) is 10. The average molecular weight is 913 g/mol. The Morgan fingerprint density at radius 1 is 0.734 bits per heavy atom. The van der Waals surface area contributed by atoms with Crippen LogP contribution >= 0.6 is 0 Å². The number of ether oxygens (including phenoxy) is 6. The van der Waals surface area contributed by atoms with Crippen molar-refractivity contribution in [2.45, 2.75) is 205 Å². The molecule has 64 heavy (non-hydrogen) atoms. The largest absolute Gasteiger partial charge is 0.481 e. The smallest absolute Gasteiger partial charge is 0.310 e. The summed E-state index contributed by atoms with van der Waals surface area (Å²) in [7, 11) is 0. The Labute approximate surface area is 376 Å². The molecule has 10 N–H and O–H groups in total. The molecule has 8 rings (SSSR count). The van der Waals surface area contributed by atoms with Crippen LogP contribution in [-0.2, 0) is 33.2 Å². The molecule has 3 saturated heterocycles. The highest BCUT2D eigenvalue weighted by Gasteiger charge is 2.70. The summed E-state index contributed by atoms with van der Waals surface area (Å²) in [5.41, 5.74) is -0.726. The van der Waals surface area contributed by atoms with E-state index in [1.54, 1.807) is 0 Å². The third-order valence-corrected chi connectivity index (χ3v) is 19.1. The highest BCUT2D eigenvalue weighted by molar-refractivity contribution is 5.76. The minimum Gasteiger partial charge on any atom is -0.481 e. The molecule has 8 aliphatic rings. The molecule has 0 radical (unpaired) electrons. The third kappa shape index (κ3) is 7.49. The first-order chi connectivity index (χ1) is 29.9. The zero-order chi connectivity index (χ0) is 46.7. The van der Waals surface area contributed by atoms with Crippen LogP contribution in [0, 0.1) is 50.2 Å². The lowest BCUT2D eigenvalue weighted by Crippen LogP contribution is -2.67. The van der Waals surface area contributed by atoms with E-state index in [-0.39, 0.29) is 52.6 Å². The van der Waals surface area contributed by atoms with Crippen molar-refractivity contribution in [2.75, 3.05) is 19.8 Å². The fourth-order valence-electron chi connectivity index (χ4n) is 14.9. The Kier molecular flexibility index (Phi) is 13.2. The summed E-state index contributed by atoms with van der Waals surface area (Å²) < 4.78 is 36.1. The normalized spacial score (nSPS) is 55.0. The number of carboxylic acid groups (broad SMARTS) is 1. The van der Waals surface area contributed by atoms with Crippen LogP contribution in [0.4, 0.5) is 0 Å². The van der Waals surface area contributed by atoms with Gasteiger partial charge in [0, 0.05) is 5.41 Å². The molecule has 17 nitrogen and oxygen atoms in total. The lowest BCUT2D eigenvalue weighted by molar-refractivity contribution is -0.370. The molecule has 4 saturated carbocycles. The number of aliphatic carboxylic acids is 1. The van der Waals surface area contributed by atoms with Crippen LogP contribution in [0.25, 0.3) is 0 Å². The van der Waals surface area contributed by atoms with E-state index >= 15 is 0 Å². The third-order valence-electron chi connectivity index (χ3n) is 19.1. The summed E-state index contributed by atoms with van der Waals surface area (Å²) >= 11 is 0. The van der Waals surface area contributed by atoms with Crippen molar-refractivity contribution in [1.82, 2.24) is 0 Å². The van der Waals surface area contributed by atoms with Crippen molar-refractivity contribution >= 4 is 5.97 Å². The van der Waals surface area contributed by atoms with Gasteiger partial charge in [0.25, 0.3) is 0 Å². The summed E-state index contributed by atoms with van der Waals surface area (Å²) in [6.07, 6.45) is -11.9. The summed E-state index contributed by atoms with van der Waals surface area (Å²) in [6, 6.07) is 0. The molecule has 0 aromatic heterocycles. The minimum absolute atomic E-state index is 0.0130. The van der Waals surface area contributed by atoms with E-state index in [0.29, 0.717) is 19.3 Å². The number of aliphatic hydroxyl groups excluding tert-OH is 9. The second-order valence-corrected chi connectivity index (χ2v) is 22.8. The number of carbonyl (C=O) groups is 1. The molecule has 23 atom stereocenters. The van der Waals surface area contributed by atoms with Crippen molar-refractivity contribution in [2.24, 2.45) is 50.2 Å². The van der Waals surface area contributed by atoms with Gasteiger partial charge in [0.2, 0.25) is 0 Å². The number of allylic oxidation sites excluding steroid dienone is 2. The van der Waals surface area contributed by atoms with Crippen LogP contribution in [0.1, 0.15) is 113 Å². The number of hydrogen-bond acceptors (Lipinski definition) is 16. The quantitative estimate of drug-likeness (QED) is 0.116. The van der Waals surface area contributed by atoms with Crippen LogP contribution in [0.5, 0.6) is 0 Å². The monoisotopic (exact) mass is 913 g/mol. The first kappa shape index (κ1) is 49.0. The van der Waals surface area contributed by atoms with E-state index in [9.17, 15) is 55.9 Å². The summed E-state index contributed by atoms with van der Waals surface area (Å²) in [5.74, 6) is -0.453. The SMILES string of the molecule is C[C@@H]1O[C@@H](O)[C@@H](O)[C@@H](O[C@H]2[C@H](O[C@H]3CC[C@@]4(C)[C@@H](CC[C@]5(C)[C@H]4CC=C4[C@H]6CC(C)(C)CC[C@]6(C(=O)O)CC[C@]45C)[C@]3(C)CO)OC[C@H](O[C@@H]3O[C@H](CO)[C@@H](O)[C@H](O)[C@H]3O)[C@@H]2O)[C@H]1O. The standard InChI is InChI=1S/C47H76O17/c1-22-30(50)36(35(55)38(56)60-22)64-37-32(52)26(62-39-34(54)33(53)31(51)25(19-48)61-39)20-59-40(37)63-29-11-12-43(4)27(44(29,5)21-49)10-13-46(7)28(43)9-8-23-24-18-42(2,3)14-16-47(24,41(57)58)17-15-45(23,46)6/h8,22,24-40,48-56H,9-21H2,1-7H3,(H,57,58)/t22-,24+,25+,26-,27+,28-,29-,30-,31+,32-,33-,34+,35-,36-,37+,38+,39-,40-,43-,44-,45+,46+,47-/m0/s1. The molecule has 0 bridgehead atoms. The average Bonchev–Trinajstić information content (AvgIpc) is 3.24. The van der Waals surface area contributed by atoms with Crippen molar-refractivity contribution < 1.29 is 84.3 Å². The Balaban J connectivity index is 1.06. The Bertz CT molecular complexity index is 1730. The lowest BCUT2D eigenvalue weighted by Gasteiger charge is -2.71. The maximum atomic E-state index is 13.1. The molecule has 0 aromatic rings. The molecule has 0 amide bonds. The van der Waals surface area contributed by atoms with E-state index in [0.717, 1.165) is 44.9 Å². The van der Waals surface area contributed by atoms with Crippen LogP contribution in [0.3, 0.4) is 0 Å².